The van der Waals surface area contributed by atoms with Gasteiger partial charge in [-0.2, -0.15) is 0 Å². The van der Waals surface area contributed by atoms with Gasteiger partial charge in [-0.15, -0.1) is 24.0 Å². The molecule has 0 amide bonds. The third kappa shape index (κ3) is 8.53. The highest BCUT2D eigenvalue weighted by atomic mass is 127. The van der Waals surface area contributed by atoms with E-state index in [0.29, 0.717) is 13.2 Å². The summed E-state index contributed by atoms with van der Waals surface area (Å²) in [6.45, 7) is 5.03. The topological polar surface area (TPSA) is 36.9 Å². The van der Waals surface area contributed by atoms with Crippen molar-refractivity contribution >= 4 is 29.9 Å². The largest absolute Gasteiger partial charge is 0.380 e. The summed E-state index contributed by atoms with van der Waals surface area (Å²) >= 11 is 0. The molecule has 0 spiro atoms. The van der Waals surface area contributed by atoms with Gasteiger partial charge < -0.3 is 15.0 Å². The van der Waals surface area contributed by atoms with Gasteiger partial charge in [0.1, 0.15) is 5.82 Å². The lowest BCUT2D eigenvalue weighted by Gasteiger charge is -2.22. The average Bonchev–Trinajstić information content (AvgIpc) is 2.49. The predicted octanol–water partition coefficient (Wildman–Crippen LogP) is 3.27. The number of rotatable bonds is 8. The van der Waals surface area contributed by atoms with E-state index in [1.807, 2.05) is 11.9 Å². The minimum Gasteiger partial charge on any atom is -0.380 e. The van der Waals surface area contributed by atoms with Gasteiger partial charge in [0.05, 0.1) is 6.61 Å². The van der Waals surface area contributed by atoms with Gasteiger partial charge in [0.2, 0.25) is 0 Å². The molecule has 0 atom stereocenters. The van der Waals surface area contributed by atoms with Crippen LogP contribution >= 0.6 is 24.0 Å². The van der Waals surface area contributed by atoms with Gasteiger partial charge in [-0.05, 0) is 24.1 Å². The maximum Gasteiger partial charge on any atom is 0.193 e. The van der Waals surface area contributed by atoms with E-state index < -0.39 is 0 Å². The van der Waals surface area contributed by atoms with E-state index in [2.05, 4.69) is 17.2 Å². The zero-order valence-corrected chi connectivity index (χ0v) is 16.0. The molecule has 0 aliphatic rings. The zero-order valence-electron chi connectivity index (χ0n) is 13.6. The normalized spacial score (nSPS) is 11.0. The molecule has 0 heterocycles. The lowest BCUT2D eigenvalue weighted by molar-refractivity contribution is 0.135. The Morgan fingerprint density at radius 1 is 1.27 bits per heavy atom. The number of nitrogens with one attached hydrogen (secondary N) is 1. The summed E-state index contributed by atoms with van der Waals surface area (Å²) in [6.07, 6.45) is 2.24. The Kier molecular flexibility index (Phi) is 12.1. The molecule has 1 rings (SSSR count). The first-order valence-corrected chi connectivity index (χ1v) is 7.41. The van der Waals surface area contributed by atoms with Crippen molar-refractivity contribution in [2.45, 2.75) is 26.3 Å². The van der Waals surface area contributed by atoms with Crippen LogP contribution < -0.4 is 5.32 Å². The van der Waals surface area contributed by atoms with Crippen molar-refractivity contribution in [3.8, 4) is 0 Å². The van der Waals surface area contributed by atoms with Gasteiger partial charge in [0, 0.05) is 33.8 Å². The lowest BCUT2D eigenvalue weighted by Crippen LogP contribution is -2.40. The number of ether oxygens (including phenoxy) is 1. The molecule has 0 fully saturated rings. The standard InChI is InChI=1S/C16H26FN3O.HI/c1-4-5-11-21-12-10-19-16(18-2)20(3)13-14-6-8-15(17)9-7-14;/h6-9H,4-5,10-13H2,1-3H3,(H,18,19);1H. The monoisotopic (exact) mass is 423 g/mol. The SMILES string of the molecule is CCCCOCCNC(=NC)N(C)Cc1ccc(F)cc1.I. The molecule has 4 nitrogen and oxygen atoms in total. The Labute approximate surface area is 150 Å². The summed E-state index contributed by atoms with van der Waals surface area (Å²) in [6, 6.07) is 6.52. The fourth-order valence-electron chi connectivity index (χ4n) is 1.91. The molecule has 126 valence electrons. The number of nitrogens with zero attached hydrogens (tertiary/aromatic N) is 2. The molecule has 0 saturated carbocycles. The van der Waals surface area contributed by atoms with Crippen molar-refractivity contribution in [2.75, 3.05) is 33.9 Å². The Bertz CT molecular complexity index is 426. The maximum atomic E-state index is 12.9. The van der Waals surface area contributed by atoms with Crippen LogP contribution in [0.2, 0.25) is 0 Å². The molecule has 0 aliphatic heterocycles. The van der Waals surface area contributed by atoms with Crippen molar-refractivity contribution in [3.63, 3.8) is 0 Å². The highest BCUT2D eigenvalue weighted by molar-refractivity contribution is 14.0. The van der Waals surface area contributed by atoms with Gasteiger partial charge in [0.15, 0.2) is 5.96 Å². The number of hydrogen-bond donors (Lipinski definition) is 1. The molecule has 22 heavy (non-hydrogen) atoms. The summed E-state index contributed by atoms with van der Waals surface area (Å²) in [5.74, 6) is 0.589. The molecule has 0 saturated heterocycles. The smallest absolute Gasteiger partial charge is 0.193 e. The highest BCUT2D eigenvalue weighted by Gasteiger charge is 2.06. The van der Waals surface area contributed by atoms with E-state index in [1.54, 1.807) is 19.2 Å². The first-order chi connectivity index (χ1) is 10.2. The maximum absolute atomic E-state index is 12.9. The van der Waals surface area contributed by atoms with Gasteiger partial charge in [-0.25, -0.2) is 4.39 Å². The Morgan fingerprint density at radius 2 is 1.95 bits per heavy atom. The molecule has 0 aromatic heterocycles. The van der Waals surface area contributed by atoms with Crippen LogP contribution in [0.15, 0.2) is 29.3 Å². The number of unbranched alkanes of at least 4 members (excludes halogenated alkanes) is 1. The number of benzene rings is 1. The first kappa shape index (κ1) is 21.1. The molecule has 1 aromatic carbocycles. The van der Waals surface area contributed by atoms with E-state index in [1.165, 1.54) is 12.1 Å². The van der Waals surface area contributed by atoms with Crippen molar-refractivity contribution in [3.05, 3.63) is 35.6 Å². The van der Waals surface area contributed by atoms with Crippen LogP contribution in [-0.2, 0) is 11.3 Å². The second kappa shape index (κ2) is 12.6. The minimum absolute atomic E-state index is 0. The zero-order chi connectivity index (χ0) is 15.5. The minimum atomic E-state index is -0.215. The third-order valence-electron chi connectivity index (χ3n) is 3.08. The lowest BCUT2D eigenvalue weighted by atomic mass is 10.2. The van der Waals surface area contributed by atoms with Crippen molar-refractivity contribution in [1.29, 1.82) is 0 Å². The Morgan fingerprint density at radius 3 is 2.55 bits per heavy atom. The molecule has 0 radical (unpaired) electrons. The van der Waals surface area contributed by atoms with E-state index in [0.717, 1.165) is 37.5 Å². The molecular weight excluding hydrogens is 396 g/mol. The van der Waals surface area contributed by atoms with Crippen LogP contribution in [0, 0.1) is 5.82 Å². The molecule has 1 aromatic rings. The van der Waals surface area contributed by atoms with Gasteiger partial charge in [-0.3, -0.25) is 4.99 Å². The molecule has 1 N–H and O–H groups in total. The van der Waals surface area contributed by atoms with Crippen molar-refractivity contribution in [1.82, 2.24) is 10.2 Å². The van der Waals surface area contributed by atoms with Crippen LogP contribution in [0.4, 0.5) is 4.39 Å². The van der Waals surface area contributed by atoms with Crippen LogP contribution in [-0.4, -0.2) is 44.7 Å². The van der Waals surface area contributed by atoms with Crippen molar-refractivity contribution < 1.29 is 9.13 Å². The first-order valence-electron chi connectivity index (χ1n) is 7.41. The molecule has 0 unspecified atom stereocenters. The van der Waals surface area contributed by atoms with E-state index in [9.17, 15) is 4.39 Å². The summed E-state index contributed by atoms with van der Waals surface area (Å²) in [5, 5.41) is 3.25. The van der Waals surface area contributed by atoms with Crippen molar-refractivity contribution in [2.24, 2.45) is 4.99 Å². The summed E-state index contributed by atoms with van der Waals surface area (Å²) in [5.41, 5.74) is 1.04. The molecule has 0 aliphatic carbocycles. The molecule has 6 heteroatoms. The van der Waals surface area contributed by atoms with Gasteiger partial charge in [0.25, 0.3) is 0 Å². The van der Waals surface area contributed by atoms with Crippen LogP contribution in [0.1, 0.15) is 25.3 Å². The van der Waals surface area contributed by atoms with E-state index in [4.69, 9.17) is 4.74 Å². The Hall–Kier alpha value is -0.890. The molecule has 0 bridgehead atoms. The summed E-state index contributed by atoms with van der Waals surface area (Å²) in [7, 11) is 3.71. The summed E-state index contributed by atoms with van der Waals surface area (Å²) < 4.78 is 18.4. The Balaban J connectivity index is 0.00000441. The molecular formula is C16H27FIN3O. The number of aliphatic imine (C=N–C) groups is 1. The third-order valence-corrected chi connectivity index (χ3v) is 3.08. The highest BCUT2D eigenvalue weighted by Crippen LogP contribution is 2.05. The average molecular weight is 423 g/mol. The van der Waals surface area contributed by atoms with Crippen LogP contribution in [0.5, 0.6) is 0 Å². The van der Waals surface area contributed by atoms with Gasteiger partial charge >= 0.3 is 0 Å². The number of hydrogen-bond acceptors (Lipinski definition) is 2. The number of halogens is 2. The second-order valence-corrected chi connectivity index (χ2v) is 4.92. The quantitative estimate of drug-likeness (QED) is 0.302. The van der Waals surface area contributed by atoms with E-state index in [-0.39, 0.29) is 29.8 Å². The second-order valence-electron chi connectivity index (χ2n) is 4.92. The van der Waals surface area contributed by atoms with Gasteiger partial charge in [-0.1, -0.05) is 25.5 Å². The van der Waals surface area contributed by atoms with Crippen LogP contribution in [0.3, 0.4) is 0 Å². The predicted molar refractivity (Wildman–Crippen MR) is 100 cm³/mol. The van der Waals surface area contributed by atoms with Crippen LogP contribution in [0.25, 0.3) is 0 Å². The number of guanidine groups is 1. The summed E-state index contributed by atoms with van der Waals surface area (Å²) in [4.78, 5) is 6.24. The fraction of sp³-hybridized carbons (Fsp3) is 0.562. The fourth-order valence-corrected chi connectivity index (χ4v) is 1.91. The van der Waals surface area contributed by atoms with E-state index >= 15 is 0 Å².